The van der Waals surface area contributed by atoms with Crippen LogP contribution < -0.4 is 10.1 Å². The molecule has 0 radical (unpaired) electrons. The smallest absolute Gasteiger partial charge is 0.416 e. The molecular formula is C20H16F3N3O2. The molecule has 1 N–H and O–H groups in total. The number of hydrogen-bond acceptors (Lipinski definition) is 4. The van der Waals surface area contributed by atoms with E-state index in [-0.39, 0.29) is 17.3 Å². The van der Waals surface area contributed by atoms with E-state index >= 15 is 0 Å². The van der Waals surface area contributed by atoms with E-state index in [9.17, 15) is 18.0 Å². The van der Waals surface area contributed by atoms with Gasteiger partial charge in [-0.15, -0.1) is 0 Å². The Hall–Kier alpha value is -3.42. The number of anilines is 1. The maximum absolute atomic E-state index is 12.7. The molecule has 0 saturated carbocycles. The van der Waals surface area contributed by atoms with Crippen molar-refractivity contribution in [3.8, 4) is 17.1 Å². The molecule has 144 valence electrons. The van der Waals surface area contributed by atoms with Gasteiger partial charge in [0.25, 0.3) is 5.91 Å². The summed E-state index contributed by atoms with van der Waals surface area (Å²) in [7, 11) is 1.55. The number of rotatable bonds is 4. The van der Waals surface area contributed by atoms with Crippen LogP contribution in [-0.2, 0) is 6.18 Å². The molecule has 0 atom stereocenters. The van der Waals surface area contributed by atoms with E-state index in [4.69, 9.17) is 4.74 Å². The summed E-state index contributed by atoms with van der Waals surface area (Å²) >= 11 is 0. The highest BCUT2D eigenvalue weighted by molar-refractivity contribution is 6.04. The van der Waals surface area contributed by atoms with Gasteiger partial charge in [-0.3, -0.25) is 4.79 Å². The summed E-state index contributed by atoms with van der Waals surface area (Å²) in [6.45, 7) is 1.64. The second-order valence-corrected chi connectivity index (χ2v) is 5.95. The molecule has 0 spiro atoms. The highest BCUT2D eigenvalue weighted by Crippen LogP contribution is 2.30. The molecule has 2 aromatic carbocycles. The lowest BCUT2D eigenvalue weighted by atomic mass is 10.1. The van der Waals surface area contributed by atoms with Gasteiger partial charge < -0.3 is 10.1 Å². The second-order valence-electron chi connectivity index (χ2n) is 5.95. The fraction of sp³-hybridized carbons (Fsp3) is 0.150. The monoisotopic (exact) mass is 387 g/mol. The number of aryl methyl sites for hydroxylation is 1. The maximum Gasteiger partial charge on any atom is 0.416 e. The lowest BCUT2D eigenvalue weighted by Crippen LogP contribution is -2.15. The molecule has 0 bridgehead atoms. The first kappa shape index (κ1) is 19.3. The first-order chi connectivity index (χ1) is 13.3. The number of nitrogens with zero attached hydrogens (tertiary/aromatic N) is 2. The van der Waals surface area contributed by atoms with Crippen LogP contribution in [0.4, 0.5) is 18.9 Å². The van der Waals surface area contributed by atoms with Gasteiger partial charge in [-0.25, -0.2) is 9.97 Å². The number of halogens is 3. The molecule has 0 aliphatic rings. The number of alkyl halides is 3. The molecule has 0 aliphatic carbocycles. The van der Waals surface area contributed by atoms with Crippen LogP contribution >= 0.6 is 0 Å². The molecule has 1 amide bonds. The van der Waals surface area contributed by atoms with Crippen molar-refractivity contribution in [1.29, 1.82) is 0 Å². The largest absolute Gasteiger partial charge is 0.497 e. The van der Waals surface area contributed by atoms with Crippen molar-refractivity contribution in [2.24, 2.45) is 0 Å². The van der Waals surface area contributed by atoms with Crippen molar-refractivity contribution in [2.75, 3.05) is 12.4 Å². The summed E-state index contributed by atoms with van der Waals surface area (Å²) in [4.78, 5) is 20.8. The van der Waals surface area contributed by atoms with Gasteiger partial charge in [-0.05, 0) is 43.3 Å². The summed E-state index contributed by atoms with van der Waals surface area (Å²) in [6.07, 6.45) is -3.05. The Morgan fingerprint density at radius 1 is 1.04 bits per heavy atom. The van der Waals surface area contributed by atoms with Crippen molar-refractivity contribution in [2.45, 2.75) is 13.1 Å². The van der Waals surface area contributed by atoms with Crippen LogP contribution in [0.1, 0.15) is 21.6 Å². The molecule has 0 unspecified atom stereocenters. The van der Waals surface area contributed by atoms with E-state index in [1.165, 1.54) is 18.3 Å². The van der Waals surface area contributed by atoms with E-state index in [1.54, 1.807) is 38.3 Å². The number of nitrogens with one attached hydrogen (secondary N) is 1. The normalized spacial score (nSPS) is 11.2. The van der Waals surface area contributed by atoms with Gasteiger partial charge in [0.15, 0.2) is 5.82 Å². The Morgan fingerprint density at radius 2 is 1.68 bits per heavy atom. The molecule has 0 fully saturated rings. The zero-order valence-corrected chi connectivity index (χ0v) is 15.0. The van der Waals surface area contributed by atoms with Crippen LogP contribution in [0.5, 0.6) is 5.75 Å². The number of aromatic nitrogens is 2. The Bertz CT molecular complexity index is 985. The fourth-order valence-corrected chi connectivity index (χ4v) is 2.51. The molecule has 3 aromatic rings. The topological polar surface area (TPSA) is 64.1 Å². The van der Waals surface area contributed by atoms with E-state index < -0.39 is 11.7 Å². The number of amides is 1. The second kappa shape index (κ2) is 7.67. The Labute approximate surface area is 159 Å². The minimum Gasteiger partial charge on any atom is -0.497 e. The van der Waals surface area contributed by atoms with Crippen LogP contribution in [0, 0.1) is 6.92 Å². The minimum absolute atomic E-state index is 0.243. The highest BCUT2D eigenvalue weighted by Gasteiger charge is 2.30. The van der Waals surface area contributed by atoms with Crippen molar-refractivity contribution in [3.05, 3.63) is 71.5 Å². The molecule has 0 saturated heterocycles. The summed E-state index contributed by atoms with van der Waals surface area (Å²) in [5, 5.41) is 2.73. The number of carbonyl (C=O) groups excluding carboxylic acids is 1. The molecule has 1 heterocycles. The van der Waals surface area contributed by atoms with Crippen LogP contribution in [0.2, 0.25) is 0 Å². The lowest BCUT2D eigenvalue weighted by Gasteiger charge is -2.10. The molecule has 5 nitrogen and oxygen atoms in total. The van der Waals surface area contributed by atoms with Crippen molar-refractivity contribution < 1.29 is 22.7 Å². The van der Waals surface area contributed by atoms with Gasteiger partial charge in [-0.1, -0.05) is 12.1 Å². The lowest BCUT2D eigenvalue weighted by molar-refractivity contribution is -0.137. The Morgan fingerprint density at radius 3 is 2.21 bits per heavy atom. The van der Waals surface area contributed by atoms with Crippen LogP contribution in [-0.4, -0.2) is 23.0 Å². The SMILES string of the molecule is COc1ccc(NC(=O)c2cnc(-c3ccc(C(F)(F)F)cc3)nc2C)cc1. The van der Waals surface area contributed by atoms with Gasteiger partial charge in [-0.2, -0.15) is 13.2 Å². The third kappa shape index (κ3) is 4.28. The van der Waals surface area contributed by atoms with E-state index in [2.05, 4.69) is 15.3 Å². The number of hydrogen-bond donors (Lipinski definition) is 1. The van der Waals surface area contributed by atoms with Crippen LogP contribution in [0.15, 0.2) is 54.7 Å². The minimum atomic E-state index is -4.40. The molecule has 3 rings (SSSR count). The third-order valence-corrected chi connectivity index (χ3v) is 4.04. The number of ether oxygens (including phenoxy) is 1. The molecule has 0 aliphatic heterocycles. The maximum atomic E-state index is 12.7. The average Bonchev–Trinajstić information content (AvgIpc) is 2.68. The summed E-state index contributed by atoms with van der Waals surface area (Å²) in [5.41, 5.74) is 0.945. The van der Waals surface area contributed by atoms with E-state index in [0.717, 1.165) is 12.1 Å². The van der Waals surface area contributed by atoms with Gasteiger partial charge >= 0.3 is 6.18 Å². The molecular weight excluding hydrogens is 371 g/mol. The predicted octanol–water partition coefficient (Wildman–Crippen LogP) is 4.73. The molecule has 1 aromatic heterocycles. The van der Waals surface area contributed by atoms with Gasteiger partial charge in [0.2, 0.25) is 0 Å². The zero-order chi connectivity index (χ0) is 20.3. The van der Waals surface area contributed by atoms with Gasteiger partial charge in [0, 0.05) is 17.4 Å². The van der Waals surface area contributed by atoms with Gasteiger partial charge in [0.05, 0.1) is 23.9 Å². The molecule has 8 heteroatoms. The van der Waals surface area contributed by atoms with Gasteiger partial charge in [0.1, 0.15) is 5.75 Å². The quantitative estimate of drug-likeness (QED) is 0.703. The third-order valence-electron chi connectivity index (χ3n) is 4.04. The van der Waals surface area contributed by atoms with E-state index in [0.29, 0.717) is 22.7 Å². The standard InChI is InChI=1S/C20H16F3N3O2/c1-12-17(19(27)26-15-7-9-16(28-2)10-8-15)11-24-18(25-12)13-3-5-14(6-4-13)20(21,22)23/h3-11H,1-2H3,(H,26,27). The van der Waals surface area contributed by atoms with Crippen LogP contribution in [0.3, 0.4) is 0 Å². The number of carbonyl (C=O) groups is 1. The summed E-state index contributed by atoms with van der Waals surface area (Å²) in [6, 6.07) is 11.4. The van der Waals surface area contributed by atoms with Crippen LogP contribution in [0.25, 0.3) is 11.4 Å². The first-order valence-electron chi connectivity index (χ1n) is 8.24. The zero-order valence-electron chi connectivity index (χ0n) is 15.0. The molecule has 28 heavy (non-hydrogen) atoms. The summed E-state index contributed by atoms with van der Waals surface area (Å²) < 4.78 is 43.1. The average molecular weight is 387 g/mol. The first-order valence-corrected chi connectivity index (χ1v) is 8.24. The fourth-order valence-electron chi connectivity index (χ4n) is 2.51. The predicted molar refractivity (Wildman–Crippen MR) is 98.2 cm³/mol. The Balaban J connectivity index is 1.78. The van der Waals surface area contributed by atoms with E-state index in [1.807, 2.05) is 0 Å². The number of methoxy groups -OCH3 is 1. The Kier molecular flexibility index (Phi) is 5.30. The number of benzene rings is 2. The summed E-state index contributed by atoms with van der Waals surface area (Å²) in [5.74, 6) is 0.521. The highest BCUT2D eigenvalue weighted by atomic mass is 19.4. The van der Waals surface area contributed by atoms with Crippen molar-refractivity contribution >= 4 is 11.6 Å². The van der Waals surface area contributed by atoms with Crippen molar-refractivity contribution in [3.63, 3.8) is 0 Å². The van der Waals surface area contributed by atoms with Crippen molar-refractivity contribution in [1.82, 2.24) is 9.97 Å².